The summed E-state index contributed by atoms with van der Waals surface area (Å²) in [5.41, 5.74) is 0.847. The maximum absolute atomic E-state index is 13.4. The van der Waals surface area contributed by atoms with E-state index in [1.807, 2.05) is 67.6 Å². The van der Waals surface area contributed by atoms with Gasteiger partial charge in [0, 0.05) is 14.1 Å². The first kappa shape index (κ1) is 26.1. The summed E-state index contributed by atoms with van der Waals surface area (Å²) in [6, 6.07) is 20.9. The number of carbonyl (C=O) groups is 1. The monoisotopic (exact) mass is 520 g/mol. The number of benzene rings is 3. The number of aromatic nitrogens is 2. The highest BCUT2D eigenvalue weighted by Crippen LogP contribution is 2.17. The summed E-state index contributed by atoms with van der Waals surface area (Å²) in [6.07, 6.45) is 0.122. The fraction of sp³-hybridized carbons (Fsp3) is 0.222. The number of rotatable bonds is 8. The standard InChI is InChI=1S/C27H28N4O5S/c1-18(20-12-8-5-9-13-20)28-25(32)23(16-19-10-6-4-7-11-19)29-37(35,36)21-14-15-24-22(17-21)26(33)31(3)27(34)30(24)2/h4-15,17-18,23,29H,16H2,1-3H3,(H,28,32)/t18-,23+/m0/s1. The van der Waals surface area contributed by atoms with Crippen molar-refractivity contribution >= 4 is 26.8 Å². The number of hydrogen-bond acceptors (Lipinski definition) is 5. The van der Waals surface area contributed by atoms with E-state index in [2.05, 4.69) is 10.0 Å². The molecule has 9 nitrogen and oxygen atoms in total. The molecular formula is C27H28N4O5S. The van der Waals surface area contributed by atoms with Gasteiger partial charge in [-0.3, -0.25) is 18.7 Å². The first-order valence-electron chi connectivity index (χ1n) is 11.7. The fourth-order valence-electron chi connectivity index (χ4n) is 4.17. The van der Waals surface area contributed by atoms with Crippen molar-refractivity contribution in [3.8, 4) is 0 Å². The van der Waals surface area contributed by atoms with E-state index < -0.39 is 33.2 Å². The molecule has 0 bridgehead atoms. The molecule has 0 aliphatic carbocycles. The van der Waals surface area contributed by atoms with Gasteiger partial charge in [-0.15, -0.1) is 0 Å². The van der Waals surface area contributed by atoms with Crippen LogP contribution >= 0.6 is 0 Å². The molecule has 0 aliphatic heterocycles. The minimum Gasteiger partial charge on any atom is -0.348 e. The number of fused-ring (bicyclic) bond motifs is 1. The Hall–Kier alpha value is -4.02. The van der Waals surface area contributed by atoms with Crippen LogP contribution in [-0.2, 0) is 35.3 Å². The topological polar surface area (TPSA) is 119 Å². The number of hydrogen-bond donors (Lipinski definition) is 2. The van der Waals surface area contributed by atoms with Gasteiger partial charge in [-0.05, 0) is 42.7 Å². The quantitative estimate of drug-likeness (QED) is 0.368. The van der Waals surface area contributed by atoms with E-state index in [0.717, 1.165) is 15.7 Å². The largest absolute Gasteiger partial charge is 0.348 e. The third-order valence-electron chi connectivity index (χ3n) is 6.30. The molecule has 0 radical (unpaired) electrons. The summed E-state index contributed by atoms with van der Waals surface area (Å²) in [5.74, 6) is -0.483. The molecule has 2 N–H and O–H groups in total. The van der Waals surface area contributed by atoms with Crippen molar-refractivity contribution in [1.82, 2.24) is 19.2 Å². The number of nitrogens with zero attached hydrogens (tertiary/aromatic N) is 2. The van der Waals surface area contributed by atoms with Crippen LogP contribution in [0.5, 0.6) is 0 Å². The van der Waals surface area contributed by atoms with Crippen molar-refractivity contribution in [3.05, 3.63) is 111 Å². The lowest BCUT2D eigenvalue weighted by Gasteiger charge is -2.22. The Morgan fingerprint density at radius 1 is 0.892 bits per heavy atom. The lowest BCUT2D eigenvalue weighted by molar-refractivity contribution is -0.123. The molecular weight excluding hydrogens is 492 g/mol. The van der Waals surface area contributed by atoms with Gasteiger partial charge in [0.05, 0.1) is 21.8 Å². The van der Waals surface area contributed by atoms with Crippen molar-refractivity contribution < 1.29 is 13.2 Å². The smallest absolute Gasteiger partial charge is 0.330 e. The highest BCUT2D eigenvalue weighted by atomic mass is 32.2. The molecule has 37 heavy (non-hydrogen) atoms. The van der Waals surface area contributed by atoms with Crippen LogP contribution < -0.4 is 21.3 Å². The molecule has 1 heterocycles. The zero-order chi connectivity index (χ0) is 26.7. The highest BCUT2D eigenvalue weighted by Gasteiger charge is 2.28. The third kappa shape index (κ3) is 5.55. The van der Waals surface area contributed by atoms with E-state index in [1.54, 1.807) is 0 Å². The van der Waals surface area contributed by atoms with Gasteiger partial charge in [0.1, 0.15) is 6.04 Å². The van der Waals surface area contributed by atoms with Gasteiger partial charge >= 0.3 is 5.69 Å². The minimum atomic E-state index is -4.22. The van der Waals surface area contributed by atoms with Gasteiger partial charge in [0.2, 0.25) is 15.9 Å². The normalized spacial score (nSPS) is 13.3. The maximum atomic E-state index is 13.4. The lowest BCUT2D eigenvalue weighted by Crippen LogP contribution is -2.48. The fourth-order valence-corrected chi connectivity index (χ4v) is 5.39. The van der Waals surface area contributed by atoms with Crippen LogP contribution in [0.15, 0.2) is 93.3 Å². The molecule has 0 saturated heterocycles. The maximum Gasteiger partial charge on any atom is 0.330 e. The Morgan fingerprint density at radius 2 is 1.51 bits per heavy atom. The van der Waals surface area contributed by atoms with Crippen molar-refractivity contribution in [3.63, 3.8) is 0 Å². The van der Waals surface area contributed by atoms with Crippen LogP contribution in [0.2, 0.25) is 0 Å². The Kier molecular flexibility index (Phi) is 7.42. The SMILES string of the molecule is C[C@H](NC(=O)[C@@H](Cc1ccccc1)NS(=O)(=O)c1ccc2c(c1)c(=O)n(C)c(=O)n2C)c1ccccc1. The molecule has 192 valence electrons. The molecule has 0 fully saturated rings. The summed E-state index contributed by atoms with van der Waals surface area (Å²) < 4.78 is 31.5. The van der Waals surface area contributed by atoms with Crippen molar-refractivity contribution in [1.29, 1.82) is 0 Å². The number of sulfonamides is 1. The average molecular weight is 521 g/mol. The molecule has 2 atom stereocenters. The second kappa shape index (κ2) is 10.5. The first-order valence-corrected chi connectivity index (χ1v) is 13.2. The van der Waals surface area contributed by atoms with Crippen LogP contribution in [-0.4, -0.2) is 29.5 Å². The summed E-state index contributed by atoms with van der Waals surface area (Å²) in [6.45, 7) is 1.82. The molecule has 4 rings (SSSR count). The predicted octanol–water partition coefficient (Wildman–Crippen LogP) is 2.00. The van der Waals surface area contributed by atoms with Gasteiger partial charge in [0.15, 0.2) is 0 Å². The summed E-state index contributed by atoms with van der Waals surface area (Å²) in [7, 11) is -1.38. The molecule has 3 aromatic carbocycles. The molecule has 1 amide bonds. The lowest BCUT2D eigenvalue weighted by atomic mass is 10.0. The summed E-state index contributed by atoms with van der Waals surface area (Å²) in [4.78, 5) is 38.0. The van der Waals surface area contributed by atoms with E-state index in [-0.39, 0.29) is 22.7 Å². The molecule has 10 heteroatoms. The van der Waals surface area contributed by atoms with Gasteiger partial charge in [0.25, 0.3) is 5.56 Å². The molecule has 0 unspecified atom stereocenters. The second-order valence-corrected chi connectivity index (χ2v) is 10.6. The van der Waals surface area contributed by atoms with E-state index in [9.17, 15) is 22.8 Å². The molecule has 0 saturated carbocycles. The Bertz CT molecular complexity index is 1660. The van der Waals surface area contributed by atoms with Crippen LogP contribution in [0.3, 0.4) is 0 Å². The number of amides is 1. The van der Waals surface area contributed by atoms with Crippen LogP contribution in [0.4, 0.5) is 0 Å². The number of aryl methyl sites for hydroxylation is 1. The number of carbonyl (C=O) groups excluding carboxylic acids is 1. The predicted molar refractivity (Wildman–Crippen MR) is 142 cm³/mol. The van der Waals surface area contributed by atoms with Crippen LogP contribution in [0, 0.1) is 0 Å². The molecule has 1 aromatic heterocycles. The van der Waals surface area contributed by atoms with Crippen molar-refractivity contribution in [2.45, 2.75) is 30.3 Å². The summed E-state index contributed by atoms with van der Waals surface area (Å²) in [5, 5.41) is 2.97. The highest BCUT2D eigenvalue weighted by molar-refractivity contribution is 7.89. The van der Waals surface area contributed by atoms with Gasteiger partial charge < -0.3 is 5.32 Å². The van der Waals surface area contributed by atoms with Gasteiger partial charge in [-0.25, -0.2) is 13.2 Å². The van der Waals surface area contributed by atoms with E-state index >= 15 is 0 Å². The Balaban J connectivity index is 1.68. The van der Waals surface area contributed by atoms with Gasteiger partial charge in [-0.2, -0.15) is 4.72 Å². The van der Waals surface area contributed by atoms with Gasteiger partial charge in [-0.1, -0.05) is 60.7 Å². The van der Waals surface area contributed by atoms with E-state index in [0.29, 0.717) is 5.52 Å². The Morgan fingerprint density at radius 3 is 2.16 bits per heavy atom. The zero-order valence-corrected chi connectivity index (χ0v) is 21.5. The average Bonchev–Trinajstić information content (AvgIpc) is 2.90. The zero-order valence-electron chi connectivity index (χ0n) is 20.7. The number of nitrogens with one attached hydrogen (secondary N) is 2. The first-order chi connectivity index (χ1) is 17.6. The van der Waals surface area contributed by atoms with E-state index in [1.165, 1.54) is 36.9 Å². The summed E-state index contributed by atoms with van der Waals surface area (Å²) >= 11 is 0. The van der Waals surface area contributed by atoms with Crippen LogP contribution in [0.1, 0.15) is 24.1 Å². The van der Waals surface area contributed by atoms with Crippen molar-refractivity contribution in [2.24, 2.45) is 14.1 Å². The minimum absolute atomic E-state index is 0.0780. The molecule has 0 spiro atoms. The Labute approximate surface area is 214 Å². The third-order valence-corrected chi connectivity index (χ3v) is 7.77. The molecule has 4 aromatic rings. The molecule has 0 aliphatic rings. The van der Waals surface area contributed by atoms with E-state index in [4.69, 9.17) is 0 Å². The second-order valence-electron chi connectivity index (χ2n) is 8.89. The van der Waals surface area contributed by atoms with Crippen LogP contribution in [0.25, 0.3) is 10.9 Å². The van der Waals surface area contributed by atoms with Crippen molar-refractivity contribution in [2.75, 3.05) is 0 Å².